The largest absolute Gasteiger partial charge is 0.483 e. The van der Waals surface area contributed by atoms with E-state index < -0.39 is 0 Å². The van der Waals surface area contributed by atoms with Crippen LogP contribution in [0.5, 0.6) is 5.75 Å². The maximum atomic E-state index is 12.6. The maximum absolute atomic E-state index is 12.6. The van der Waals surface area contributed by atoms with Gasteiger partial charge in [-0.1, -0.05) is 24.3 Å². The number of nitrogens with zero attached hydrogens (tertiary/aromatic N) is 2. The molecule has 1 amide bonds. The van der Waals surface area contributed by atoms with Crippen LogP contribution in [-0.2, 0) is 11.3 Å². The van der Waals surface area contributed by atoms with E-state index in [0.717, 1.165) is 11.1 Å². The van der Waals surface area contributed by atoms with Gasteiger partial charge >= 0.3 is 0 Å². The third kappa shape index (κ3) is 4.08. The molecule has 1 heterocycles. The van der Waals surface area contributed by atoms with Crippen molar-refractivity contribution in [3.05, 3.63) is 63.9 Å². The molecule has 0 aliphatic rings. The molecule has 2 aromatic carbocycles. The minimum absolute atomic E-state index is 0.152. The van der Waals surface area contributed by atoms with Crippen molar-refractivity contribution in [2.75, 3.05) is 12.0 Å². The molecule has 7 nitrogen and oxygen atoms in total. The molecule has 0 aliphatic heterocycles. The molecule has 27 heavy (non-hydrogen) atoms. The molecule has 3 aromatic rings. The Kier molecular flexibility index (Phi) is 5.40. The summed E-state index contributed by atoms with van der Waals surface area (Å²) in [6.45, 7) is 6.00. The van der Waals surface area contributed by atoms with Crippen LogP contribution in [0.4, 0.5) is 5.95 Å². The fourth-order valence-electron chi connectivity index (χ4n) is 2.72. The lowest BCUT2D eigenvalue weighted by Crippen LogP contribution is -2.37. The van der Waals surface area contributed by atoms with Crippen LogP contribution in [0.2, 0.25) is 0 Å². The molecule has 0 spiro atoms. The highest BCUT2D eigenvalue weighted by Crippen LogP contribution is 2.18. The molecule has 7 heteroatoms. The van der Waals surface area contributed by atoms with E-state index in [4.69, 9.17) is 4.74 Å². The molecule has 0 atom stereocenters. The summed E-state index contributed by atoms with van der Waals surface area (Å²) in [4.78, 5) is 29.1. The lowest BCUT2D eigenvalue weighted by atomic mass is 10.1. The molecule has 0 saturated heterocycles. The average molecular weight is 366 g/mol. The van der Waals surface area contributed by atoms with Gasteiger partial charge in [-0.15, -0.1) is 0 Å². The van der Waals surface area contributed by atoms with Gasteiger partial charge in [-0.05, 0) is 50.1 Å². The Hall–Kier alpha value is -3.35. The zero-order valence-electron chi connectivity index (χ0n) is 15.6. The summed E-state index contributed by atoms with van der Waals surface area (Å²) in [6, 6.07) is 12.9. The second kappa shape index (κ2) is 7.90. The smallest absolute Gasteiger partial charge is 0.276 e. The zero-order valence-corrected chi connectivity index (χ0v) is 15.6. The summed E-state index contributed by atoms with van der Waals surface area (Å²) in [5, 5.41) is 0.537. The summed E-state index contributed by atoms with van der Waals surface area (Å²) in [5.41, 5.74) is 7.68. The topological polar surface area (TPSA) is 85.2 Å². The van der Waals surface area contributed by atoms with E-state index in [9.17, 15) is 9.59 Å². The maximum Gasteiger partial charge on any atom is 0.276 e. The van der Waals surface area contributed by atoms with Crippen LogP contribution in [0.3, 0.4) is 0 Å². The van der Waals surface area contributed by atoms with Gasteiger partial charge in [0, 0.05) is 6.54 Å². The molecule has 0 fully saturated rings. The molecule has 140 valence electrons. The highest BCUT2D eigenvalue weighted by atomic mass is 16.5. The number of benzene rings is 2. The van der Waals surface area contributed by atoms with E-state index in [-0.39, 0.29) is 24.0 Å². The Morgan fingerprint density at radius 1 is 1.19 bits per heavy atom. The van der Waals surface area contributed by atoms with Crippen LogP contribution >= 0.6 is 0 Å². The number of nitrogens with one attached hydrogen (secondary N) is 2. The number of carbonyl (C=O) groups is 1. The fourth-order valence-corrected chi connectivity index (χ4v) is 2.72. The Balaban J connectivity index is 1.70. The third-order valence-electron chi connectivity index (χ3n) is 4.19. The highest BCUT2D eigenvalue weighted by molar-refractivity contribution is 5.80. The first kappa shape index (κ1) is 18.4. The number of hydrazine groups is 1. The Morgan fingerprint density at radius 3 is 2.74 bits per heavy atom. The van der Waals surface area contributed by atoms with E-state index in [1.807, 2.05) is 45.0 Å². The van der Waals surface area contributed by atoms with Gasteiger partial charge in [-0.25, -0.2) is 4.98 Å². The van der Waals surface area contributed by atoms with Gasteiger partial charge in [0.2, 0.25) is 5.95 Å². The van der Waals surface area contributed by atoms with Gasteiger partial charge in [0.05, 0.1) is 10.9 Å². The summed E-state index contributed by atoms with van der Waals surface area (Å²) < 4.78 is 7.04. The number of para-hydroxylation sites is 1. The Labute approximate surface area is 157 Å². The molecule has 0 unspecified atom stereocenters. The molecule has 3 rings (SSSR count). The molecule has 0 aliphatic carbocycles. The number of rotatable bonds is 6. The van der Waals surface area contributed by atoms with Gasteiger partial charge in [0.25, 0.3) is 11.5 Å². The molecule has 0 saturated carbocycles. The number of anilines is 1. The van der Waals surface area contributed by atoms with Crippen molar-refractivity contribution < 1.29 is 9.53 Å². The van der Waals surface area contributed by atoms with Crippen LogP contribution < -0.4 is 21.1 Å². The highest BCUT2D eigenvalue weighted by Gasteiger charge is 2.11. The van der Waals surface area contributed by atoms with E-state index >= 15 is 0 Å². The van der Waals surface area contributed by atoms with Gasteiger partial charge in [0.15, 0.2) is 6.61 Å². The first-order valence-corrected chi connectivity index (χ1v) is 8.74. The number of amides is 1. The number of aryl methyl sites for hydroxylation is 2. The average Bonchev–Trinajstić information content (AvgIpc) is 2.67. The number of fused-ring (bicyclic) bond motifs is 1. The first-order chi connectivity index (χ1) is 13.0. The van der Waals surface area contributed by atoms with Gasteiger partial charge in [-0.2, -0.15) is 0 Å². The number of carbonyl (C=O) groups excluding carboxylic acids is 1. The molecular formula is C20H22N4O3. The quantitative estimate of drug-likeness (QED) is 0.655. The molecule has 0 bridgehead atoms. The third-order valence-corrected chi connectivity index (χ3v) is 4.19. The van der Waals surface area contributed by atoms with E-state index in [1.54, 1.807) is 18.2 Å². The van der Waals surface area contributed by atoms with E-state index in [0.29, 0.717) is 23.2 Å². The molecular weight excluding hydrogens is 344 g/mol. The van der Waals surface area contributed by atoms with Gasteiger partial charge in [-0.3, -0.25) is 25.0 Å². The van der Waals surface area contributed by atoms with Crippen molar-refractivity contribution >= 4 is 22.8 Å². The van der Waals surface area contributed by atoms with Crippen LogP contribution in [-0.4, -0.2) is 22.1 Å². The van der Waals surface area contributed by atoms with Crippen LogP contribution in [0.25, 0.3) is 10.9 Å². The van der Waals surface area contributed by atoms with Crippen molar-refractivity contribution in [1.29, 1.82) is 0 Å². The minimum atomic E-state index is -0.374. The summed E-state index contributed by atoms with van der Waals surface area (Å²) in [6.07, 6.45) is 0. The van der Waals surface area contributed by atoms with Crippen LogP contribution in [0, 0.1) is 13.8 Å². The second-order valence-electron chi connectivity index (χ2n) is 6.23. The number of hydrogen-bond acceptors (Lipinski definition) is 5. The summed E-state index contributed by atoms with van der Waals surface area (Å²) in [5.74, 6) is 0.571. The number of ether oxygens (including phenoxy) is 1. The van der Waals surface area contributed by atoms with Crippen molar-refractivity contribution in [2.24, 2.45) is 0 Å². The monoisotopic (exact) mass is 366 g/mol. The lowest BCUT2D eigenvalue weighted by molar-refractivity contribution is -0.122. The van der Waals surface area contributed by atoms with E-state index in [2.05, 4.69) is 15.8 Å². The molecule has 0 radical (unpaired) electrons. The fraction of sp³-hybridized carbons (Fsp3) is 0.250. The van der Waals surface area contributed by atoms with Gasteiger partial charge in [0.1, 0.15) is 5.75 Å². The molecule has 2 N–H and O–H groups in total. The standard InChI is InChI=1S/C20H22N4O3/c1-4-24-19(26)15-7-5-6-8-16(15)21-20(24)23-22-18(25)12-27-17-11-13(2)9-10-14(17)3/h5-11H,4,12H2,1-3H3,(H,21,23)(H,22,25). The summed E-state index contributed by atoms with van der Waals surface area (Å²) >= 11 is 0. The van der Waals surface area contributed by atoms with E-state index in [1.165, 1.54) is 4.57 Å². The zero-order chi connectivity index (χ0) is 19.4. The minimum Gasteiger partial charge on any atom is -0.483 e. The van der Waals surface area contributed by atoms with Crippen molar-refractivity contribution in [1.82, 2.24) is 15.0 Å². The van der Waals surface area contributed by atoms with Crippen LogP contribution in [0.1, 0.15) is 18.1 Å². The van der Waals surface area contributed by atoms with Crippen molar-refractivity contribution in [3.8, 4) is 5.75 Å². The first-order valence-electron chi connectivity index (χ1n) is 8.74. The second-order valence-corrected chi connectivity index (χ2v) is 6.23. The lowest BCUT2D eigenvalue weighted by Gasteiger charge is -2.14. The predicted molar refractivity (Wildman–Crippen MR) is 105 cm³/mol. The number of hydrogen-bond donors (Lipinski definition) is 2. The summed E-state index contributed by atoms with van der Waals surface area (Å²) in [7, 11) is 0. The number of aromatic nitrogens is 2. The van der Waals surface area contributed by atoms with Crippen molar-refractivity contribution in [3.63, 3.8) is 0 Å². The SMILES string of the molecule is CCn1c(NNC(=O)COc2cc(C)ccc2C)nc2ccccc2c1=O. The Morgan fingerprint density at radius 2 is 1.96 bits per heavy atom. The van der Waals surface area contributed by atoms with Crippen LogP contribution in [0.15, 0.2) is 47.3 Å². The Bertz CT molecular complexity index is 1040. The molecule has 1 aromatic heterocycles. The normalized spacial score (nSPS) is 10.6. The van der Waals surface area contributed by atoms with Gasteiger partial charge < -0.3 is 4.74 Å². The predicted octanol–water partition coefficient (Wildman–Crippen LogP) is 2.56. The van der Waals surface area contributed by atoms with Crippen molar-refractivity contribution in [2.45, 2.75) is 27.3 Å².